The molecule has 3 heterocycles. The van der Waals surface area contributed by atoms with E-state index in [4.69, 9.17) is 0 Å². The summed E-state index contributed by atoms with van der Waals surface area (Å²) < 4.78 is 4.21. The van der Waals surface area contributed by atoms with Crippen LogP contribution in [0.2, 0.25) is 0 Å². The van der Waals surface area contributed by atoms with Crippen molar-refractivity contribution in [2.24, 2.45) is 0 Å². The molecule has 2 atom stereocenters. The lowest BCUT2D eigenvalue weighted by Crippen LogP contribution is -2.41. The molecule has 5 heteroatoms. The van der Waals surface area contributed by atoms with Crippen LogP contribution < -0.4 is 0 Å². The summed E-state index contributed by atoms with van der Waals surface area (Å²) in [7, 11) is 0. The predicted octanol–water partition coefficient (Wildman–Crippen LogP) is 2.50. The highest BCUT2D eigenvalue weighted by Crippen LogP contribution is 2.23. The van der Waals surface area contributed by atoms with Gasteiger partial charge in [-0.05, 0) is 31.9 Å². The Morgan fingerprint density at radius 3 is 2.86 bits per heavy atom. The third kappa shape index (κ3) is 3.17. The van der Waals surface area contributed by atoms with Crippen LogP contribution in [0.25, 0.3) is 0 Å². The van der Waals surface area contributed by atoms with E-state index >= 15 is 0 Å². The molecule has 1 fully saturated rings. The van der Waals surface area contributed by atoms with Gasteiger partial charge in [0.1, 0.15) is 0 Å². The fourth-order valence-corrected chi connectivity index (χ4v) is 3.04. The van der Waals surface area contributed by atoms with Crippen molar-refractivity contribution in [1.29, 1.82) is 0 Å². The predicted molar refractivity (Wildman–Crippen MR) is 80.8 cm³/mol. The Morgan fingerprint density at radius 2 is 2.14 bits per heavy atom. The Morgan fingerprint density at radius 1 is 1.33 bits per heavy atom. The van der Waals surface area contributed by atoms with Gasteiger partial charge in [-0.2, -0.15) is 0 Å². The first-order valence-electron chi connectivity index (χ1n) is 7.61. The third-order valence-electron chi connectivity index (χ3n) is 4.30. The molecule has 0 aromatic carbocycles. The molecule has 0 N–H and O–H groups in total. The van der Waals surface area contributed by atoms with Gasteiger partial charge in [-0.15, -0.1) is 0 Å². The number of hydrogen-bond donors (Lipinski definition) is 0. The average molecular weight is 286 g/mol. The van der Waals surface area contributed by atoms with Crippen LogP contribution in [0.3, 0.4) is 0 Å². The summed E-state index contributed by atoms with van der Waals surface area (Å²) in [5, 5.41) is 0. The molecule has 112 valence electrons. The van der Waals surface area contributed by atoms with Gasteiger partial charge in [-0.25, -0.2) is 4.98 Å². The van der Waals surface area contributed by atoms with Crippen LogP contribution in [0.15, 0.2) is 43.2 Å². The molecule has 2 unspecified atom stereocenters. The zero-order valence-corrected chi connectivity index (χ0v) is 12.4. The van der Waals surface area contributed by atoms with Gasteiger partial charge >= 0.3 is 0 Å². The molecule has 2 aromatic heterocycles. The molecule has 5 nitrogen and oxygen atoms in total. The van der Waals surface area contributed by atoms with Gasteiger partial charge in [0.25, 0.3) is 0 Å². The summed E-state index contributed by atoms with van der Waals surface area (Å²) in [5.74, 6) is 0.251. The molecule has 1 saturated heterocycles. The summed E-state index contributed by atoms with van der Waals surface area (Å²) >= 11 is 0. The number of amides is 1. The molecule has 0 aliphatic carbocycles. The third-order valence-corrected chi connectivity index (χ3v) is 4.30. The minimum Gasteiger partial charge on any atom is -0.351 e. The molecule has 0 saturated carbocycles. The number of aromatic nitrogens is 3. The number of likely N-dealkylation sites (tertiary alicyclic amines) is 1. The quantitative estimate of drug-likeness (QED) is 0.866. The van der Waals surface area contributed by atoms with Crippen LogP contribution in [-0.4, -0.2) is 38.0 Å². The number of carbonyl (C=O) groups excluding carboxylic acids is 1. The topological polar surface area (TPSA) is 43.1 Å². The van der Waals surface area contributed by atoms with Crippen molar-refractivity contribution in [2.75, 3.05) is 13.1 Å². The normalized spacial score (nSPS) is 20.4. The minimum absolute atomic E-state index is 0.209. The fourth-order valence-electron chi connectivity index (χ4n) is 3.04. The van der Waals surface area contributed by atoms with E-state index in [1.165, 1.54) is 0 Å². The van der Waals surface area contributed by atoms with Crippen LogP contribution >= 0.6 is 0 Å². The lowest BCUT2D eigenvalue weighted by atomic mass is 10.0. The van der Waals surface area contributed by atoms with Crippen LogP contribution in [-0.2, 0) is 4.79 Å². The van der Waals surface area contributed by atoms with Crippen molar-refractivity contribution in [3.05, 3.63) is 43.2 Å². The van der Waals surface area contributed by atoms with Crippen molar-refractivity contribution < 1.29 is 4.79 Å². The van der Waals surface area contributed by atoms with Crippen LogP contribution in [0, 0.1) is 0 Å². The standard InChI is InChI=1S/C16H22N4O/c1-14(18-7-2-3-8-18)11-16(21)19-9-4-5-15(12-19)20-10-6-17-13-20/h2-3,6-8,10,13-15H,4-5,9,11-12H2,1H3. The van der Waals surface area contributed by atoms with E-state index in [0.29, 0.717) is 12.5 Å². The zero-order chi connectivity index (χ0) is 14.7. The highest BCUT2D eigenvalue weighted by atomic mass is 16.2. The summed E-state index contributed by atoms with van der Waals surface area (Å²) in [5.41, 5.74) is 0. The second kappa shape index (κ2) is 6.16. The van der Waals surface area contributed by atoms with Gasteiger partial charge in [0.05, 0.1) is 12.4 Å². The Kier molecular flexibility index (Phi) is 4.08. The summed E-state index contributed by atoms with van der Waals surface area (Å²) in [6, 6.07) is 4.57. The maximum atomic E-state index is 12.5. The summed E-state index contributed by atoms with van der Waals surface area (Å²) in [4.78, 5) is 18.6. The van der Waals surface area contributed by atoms with Gasteiger partial charge < -0.3 is 14.0 Å². The maximum absolute atomic E-state index is 12.5. The Balaban J connectivity index is 1.59. The lowest BCUT2D eigenvalue weighted by Gasteiger charge is -2.34. The second-order valence-corrected chi connectivity index (χ2v) is 5.83. The number of imidazole rings is 1. The lowest BCUT2D eigenvalue weighted by molar-refractivity contribution is -0.133. The molecule has 0 radical (unpaired) electrons. The Hall–Kier alpha value is -2.04. The SMILES string of the molecule is CC(CC(=O)N1CCCC(n2ccnc2)C1)n1cccc1. The number of carbonyl (C=O) groups is 1. The van der Waals surface area contributed by atoms with Gasteiger partial charge in [0.2, 0.25) is 5.91 Å². The molecule has 0 bridgehead atoms. The highest BCUT2D eigenvalue weighted by Gasteiger charge is 2.25. The molecule has 21 heavy (non-hydrogen) atoms. The average Bonchev–Trinajstić information content (AvgIpc) is 3.20. The monoisotopic (exact) mass is 286 g/mol. The zero-order valence-electron chi connectivity index (χ0n) is 12.4. The first-order valence-corrected chi connectivity index (χ1v) is 7.61. The largest absolute Gasteiger partial charge is 0.351 e. The number of piperidine rings is 1. The van der Waals surface area contributed by atoms with Gasteiger partial charge in [0.15, 0.2) is 0 Å². The van der Waals surface area contributed by atoms with Crippen molar-refractivity contribution in [3.63, 3.8) is 0 Å². The van der Waals surface area contributed by atoms with Crippen LogP contribution in [0.1, 0.15) is 38.3 Å². The van der Waals surface area contributed by atoms with E-state index in [0.717, 1.165) is 25.9 Å². The van der Waals surface area contributed by atoms with Gasteiger partial charge in [-0.3, -0.25) is 4.79 Å². The van der Waals surface area contributed by atoms with Crippen LogP contribution in [0.5, 0.6) is 0 Å². The fraction of sp³-hybridized carbons (Fsp3) is 0.500. The number of hydrogen-bond acceptors (Lipinski definition) is 2. The summed E-state index contributed by atoms with van der Waals surface area (Å²) in [6.45, 7) is 3.77. The molecular weight excluding hydrogens is 264 g/mol. The number of rotatable bonds is 4. The van der Waals surface area contributed by atoms with E-state index in [-0.39, 0.29) is 11.9 Å². The van der Waals surface area contributed by atoms with E-state index < -0.39 is 0 Å². The van der Waals surface area contributed by atoms with Crippen molar-refractivity contribution in [2.45, 2.75) is 38.3 Å². The second-order valence-electron chi connectivity index (χ2n) is 5.83. The van der Waals surface area contributed by atoms with E-state index in [2.05, 4.69) is 21.0 Å². The van der Waals surface area contributed by atoms with E-state index in [1.54, 1.807) is 6.20 Å². The van der Waals surface area contributed by atoms with Gasteiger partial charge in [-0.1, -0.05) is 0 Å². The molecule has 2 aromatic rings. The molecule has 1 aliphatic rings. The van der Waals surface area contributed by atoms with Gasteiger partial charge in [0, 0.05) is 50.3 Å². The van der Waals surface area contributed by atoms with E-state index in [1.807, 2.05) is 42.0 Å². The first kappa shape index (κ1) is 13.9. The molecule has 1 amide bonds. The molecule has 1 aliphatic heterocycles. The van der Waals surface area contributed by atoms with Crippen LogP contribution in [0.4, 0.5) is 0 Å². The molecule has 3 rings (SSSR count). The molecule has 0 spiro atoms. The Bertz CT molecular complexity index is 561. The highest BCUT2D eigenvalue weighted by molar-refractivity contribution is 5.76. The first-order chi connectivity index (χ1) is 10.2. The number of nitrogens with zero attached hydrogens (tertiary/aromatic N) is 4. The smallest absolute Gasteiger partial charge is 0.224 e. The minimum atomic E-state index is 0.209. The summed E-state index contributed by atoms with van der Waals surface area (Å²) in [6.07, 6.45) is 12.4. The Labute approximate surface area is 125 Å². The van der Waals surface area contributed by atoms with Crippen molar-refractivity contribution in [3.8, 4) is 0 Å². The van der Waals surface area contributed by atoms with Crippen molar-refractivity contribution in [1.82, 2.24) is 19.0 Å². The maximum Gasteiger partial charge on any atom is 0.224 e. The van der Waals surface area contributed by atoms with E-state index in [9.17, 15) is 4.79 Å². The van der Waals surface area contributed by atoms with Crippen molar-refractivity contribution >= 4 is 5.91 Å². The molecular formula is C16H22N4O.